The predicted molar refractivity (Wildman–Crippen MR) is 69.3 cm³/mol. The SMILES string of the molecule is OCCOc1ccc(Nc2cc(Cl)ncn2)cc1. The summed E-state index contributed by atoms with van der Waals surface area (Å²) in [6.45, 7) is 0.285. The molecule has 0 aliphatic heterocycles. The number of aromatic nitrogens is 2. The average molecular weight is 266 g/mol. The van der Waals surface area contributed by atoms with Crippen LogP contribution in [-0.4, -0.2) is 28.3 Å². The summed E-state index contributed by atoms with van der Waals surface area (Å²) < 4.78 is 5.25. The van der Waals surface area contributed by atoms with Crippen LogP contribution in [0.4, 0.5) is 11.5 Å². The minimum absolute atomic E-state index is 0.000560. The van der Waals surface area contributed by atoms with E-state index in [1.165, 1.54) is 6.33 Å². The van der Waals surface area contributed by atoms with E-state index in [1.54, 1.807) is 18.2 Å². The Hall–Kier alpha value is -1.85. The predicted octanol–water partition coefficient (Wildman–Crippen LogP) is 2.24. The molecule has 0 aliphatic carbocycles. The fourth-order valence-electron chi connectivity index (χ4n) is 1.35. The van der Waals surface area contributed by atoms with Crippen molar-refractivity contribution in [3.05, 3.63) is 41.8 Å². The molecule has 1 aromatic carbocycles. The lowest BCUT2D eigenvalue weighted by atomic mass is 10.3. The number of halogens is 1. The molecule has 0 unspecified atom stereocenters. The van der Waals surface area contributed by atoms with E-state index in [9.17, 15) is 0 Å². The van der Waals surface area contributed by atoms with E-state index in [0.29, 0.717) is 16.7 Å². The van der Waals surface area contributed by atoms with Gasteiger partial charge in [0.25, 0.3) is 0 Å². The van der Waals surface area contributed by atoms with Gasteiger partial charge < -0.3 is 15.2 Å². The highest BCUT2D eigenvalue weighted by molar-refractivity contribution is 6.29. The maximum atomic E-state index is 8.64. The Morgan fingerprint density at radius 2 is 2.00 bits per heavy atom. The van der Waals surface area contributed by atoms with Gasteiger partial charge in [0, 0.05) is 11.8 Å². The number of benzene rings is 1. The highest BCUT2D eigenvalue weighted by Crippen LogP contribution is 2.19. The molecule has 0 fully saturated rings. The molecule has 0 amide bonds. The smallest absolute Gasteiger partial charge is 0.135 e. The van der Waals surface area contributed by atoms with Gasteiger partial charge in [0.1, 0.15) is 29.7 Å². The zero-order chi connectivity index (χ0) is 12.8. The van der Waals surface area contributed by atoms with Crippen molar-refractivity contribution in [1.82, 2.24) is 9.97 Å². The van der Waals surface area contributed by atoms with Crippen LogP contribution in [0.25, 0.3) is 0 Å². The van der Waals surface area contributed by atoms with Gasteiger partial charge in [-0.15, -0.1) is 0 Å². The van der Waals surface area contributed by atoms with Crippen LogP contribution in [0.1, 0.15) is 0 Å². The Kier molecular flexibility index (Phi) is 4.33. The van der Waals surface area contributed by atoms with Gasteiger partial charge in [0.2, 0.25) is 0 Å². The standard InChI is InChI=1S/C12H12ClN3O2/c13-11-7-12(15-8-14-11)16-9-1-3-10(4-2-9)18-6-5-17/h1-4,7-8,17H,5-6H2,(H,14,15,16). The second-order valence-corrected chi connectivity index (χ2v) is 3.83. The topological polar surface area (TPSA) is 67.3 Å². The summed E-state index contributed by atoms with van der Waals surface area (Å²) in [4.78, 5) is 7.84. The molecule has 0 saturated heterocycles. The number of hydrogen-bond acceptors (Lipinski definition) is 5. The molecule has 0 bridgehead atoms. The third kappa shape index (κ3) is 3.58. The normalized spacial score (nSPS) is 10.1. The Labute approximate surface area is 109 Å². The summed E-state index contributed by atoms with van der Waals surface area (Å²) >= 11 is 5.76. The number of hydrogen-bond donors (Lipinski definition) is 2. The molecular formula is C12H12ClN3O2. The largest absolute Gasteiger partial charge is 0.491 e. The quantitative estimate of drug-likeness (QED) is 0.812. The number of ether oxygens (including phenoxy) is 1. The van der Waals surface area contributed by atoms with E-state index in [1.807, 2.05) is 12.1 Å². The van der Waals surface area contributed by atoms with Gasteiger partial charge in [-0.2, -0.15) is 0 Å². The van der Waals surface area contributed by atoms with Crippen molar-refractivity contribution in [3.8, 4) is 5.75 Å². The lowest BCUT2D eigenvalue weighted by molar-refractivity contribution is 0.201. The number of anilines is 2. The van der Waals surface area contributed by atoms with Crippen LogP contribution in [0.2, 0.25) is 5.15 Å². The Morgan fingerprint density at radius 3 is 2.67 bits per heavy atom. The molecule has 0 radical (unpaired) electrons. The Morgan fingerprint density at radius 1 is 1.22 bits per heavy atom. The summed E-state index contributed by atoms with van der Waals surface area (Å²) in [5.41, 5.74) is 0.862. The lowest BCUT2D eigenvalue weighted by Gasteiger charge is -2.07. The molecule has 2 aromatic rings. The van der Waals surface area contributed by atoms with Gasteiger partial charge in [-0.25, -0.2) is 9.97 Å². The minimum Gasteiger partial charge on any atom is -0.491 e. The van der Waals surface area contributed by atoms with Crippen LogP contribution >= 0.6 is 11.6 Å². The molecule has 18 heavy (non-hydrogen) atoms. The molecule has 2 N–H and O–H groups in total. The molecule has 2 rings (SSSR count). The Bertz CT molecular complexity index is 505. The van der Waals surface area contributed by atoms with E-state index < -0.39 is 0 Å². The van der Waals surface area contributed by atoms with E-state index in [0.717, 1.165) is 5.69 Å². The molecule has 5 nitrogen and oxygen atoms in total. The molecule has 0 spiro atoms. The molecule has 1 heterocycles. The number of aliphatic hydroxyl groups is 1. The van der Waals surface area contributed by atoms with Crippen LogP contribution in [0.15, 0.2) is 36.7 Å². The lowest BCUT2D eigenvalue weighted by Crippen LogP contribution is -2.01. The fourth-order valence-corrected chi connectivity index (χ4v) is 1.49. The van der Waals surface area contributed by atoms with Crippen LogP contribution in [0.5, 0.6) is 5.75 Å². The van der Waals surface area contributed by atoms with Crippen molar-refractivity contribution in [3.63, 3.8) is 0 Å². The summed E-state index contributed by atoms with van der Waals surface area (Å²) in [5.74, 6) is 1.33. The average Bonchev–Trinajstić information content (AvgIpc) is 2.38. The third-order valence-electron chi connectivity index (χ3n) is 2.12. The van der Waals surface area contributed by atoms with Gasteiger partial charge in [-0.1, -0.05) is 11.6 Å². The zero-order valence-corrected chi connectivity index (χ0v) is 10.3. The van der Waals surface area contributed by atoms with Crippen molar-refractivity contribution in [2.45, 2.75) is 0 Å². The highest BCUT2D eigenvalue weighted by Gasteiger charge is 1.98. The number of nitrogens with zero attached hydrogens (tertiary/aromatic N) is 2. The van der Waals surface area contributed by atoms with E-state index in [4.69, 9.17) is 21.4 Å². The van der Waals surface area contributed by atoms with E-state index in [2.05, 4.69) is 15.3 Å². The first-order valence-electron chi connectivity index (χ1n) is 5.36. The molecular weight excluding hydrogens is 254 g/mol. The van der Waals surface area contributed by atoms with Crippen LogP contribution in [0.3, 0.4) is 0 Å². The van der Waals surface area contributed by atoms with Crippen LogP contribution in [0, 0.1) is 0 Å². The Balaban J connectivity index is 2.02. The number of aliphatic hydroxyl groups excluding tert-OH is 1. The van der Waals surface area contributed by atoms with Gasteiger partial charge in [0.05, 0.1) is 6.61 Å². The van der Waals surface area contributed by atoms with Crippen molar-refractivity contribution >= 4 is 23.1 Å². The van der Waals surface area contributed by atoms with Crippen LogP contribution in [-0.2, 0) is 0 Å². The second-order valence-electron chi connectivity index (χ2n) is 3.45. The van der Waals surface area contributed by atoms with Gasteiger partial charge in [-0.05, 0) is 24.3 Å². The fraction of sp³-hybridized carbons (Fsp3) is 0.167. The first-order chi connectivity index (χ1) is 8.78. The maximum Gasteiger partial charge on any atom is 0.135 e. The summed E-state index contributed by atoms with van der Waals surface area (Å²) in [6, 6.07) is 8.95. The number of rotatable bonds is 5. The molecule has 6 heteroatoms. The van der Waals surface area contributed by atoms with Crippen molar-refractivity contribution in [2.75, 3.05) is 18.5 Å². The summed E-state index contributed by atoms with van der Waals surface area (Å²) in [5, 5.41) is 12.1. The molecule has 0 saturated carbocycles. The van der Waals surface area contributed by atoms with E-state index in [-0.39, 0.29) is 13.2 Å². The van der Waals surface area contributed by atoms with Gasteiger partial charge in [-0.3, -0.25) is 0 Å². The summed E-state index contributed by atoms with van der Waals surface area (Å²) in [7, 11) is 0. The van der Waals surface area contributed by atoms with E-state index >= 15 is 0 Å². The maximum absolute atomic E-state index is 8.64. The van der Waals surface area contributed by atoms with Crippen LogP contribution < -0.4 is 10.1 Å². The summed E-state index contributed by atoms with van der Waals surface area (Å²) in [6.07, 6.45) is 1.39. The second kappa shape index (κ2) is 6.18. The first kappa shape index (κ1) is 12.6. The van der Waals surface area contributed by atoms with Crippen molar-refractivity contribution in [2.24, 2.45) is 0 Å². The molecule has 94 valence electrons. The first-order valence-corrected chi connectivity index (χ1v) is 5.74. The van der Waals surface area contributed by atoms with Crippen molar-refractivity contribution < 1.29 is 9.84 Å². The van der Waals surface area contributed by atoms with Crippen molar-refractivity contribution in [1.29, 1.82) is 0 Å². The number of nitrogens with one attached hydrogen (secondary N) is 1. The highest BCUT2D eigenvalue weighted by atomic mass is 35.5. The minimum atomic E-state index is -0.000560. The molecule has 0 aliphatic rings. The monoisotopic (exact) mass is 265 g/mol. The molecule has 0 atom stereocenters. The zero-order valence-electron chi connectivity index (χ0n) is 9.51. The third-order valence-corrected chi connectivity index (χ3v) is 2.33. The molecule has 1 aromatic heterocycles. The van der Waals surface area contributed by atoms with Gasteiger partial charge in [0.15, 0.2) is 0 Å². The van der Waals surface area contributed by atoms with Gasteiger partial charge >= 0.3 is 0 Å².